The second-order valence-electron chi connectivity index (χ2n) is 4.80. The minimum atomic E-state index is -0.495. The number of carbonyl (C=O) groups is 1. The molecule has 0 saturated heterocycles. The molecule has 0 amide bonds. The maximum Gasteiger partial charge on any atom is 0.358 e. The topological polar surface area (TPSA) is 84.3 Å². The Kier molecular flexibility index (Phi) is 4.68. The van der Waals surface area contributed by atoms with Crippen molar-refractivity contribution < 1.29 is 14.6 Å². The van der Waals surface area contributed by atoms with E-state index in [1.807, 2.05) is 0 Å². The third-order valence-corrected chi connectivity index (χ3v) is 3.63. The summed E-state index contributed by atoms with van der Waals surface area (Å²) in [4.78, 5) is 19.4. The summed E-state index contributed by atoms with van der Waals surface area (Å²) in [5, 5.41) is 12.4. The van der Waals surface area contributed by atoms with Crippen molar-refractivity contribution in [3.05, 3.63) is 18.1 Å². The van der Waals surface area contributed by atoms with Crippen LogP contribution in [0.3, 0.4) is 0 Å². The number of rotatable bonds is 5. The van der Waals surface area contributed by atoms with E-state index in [2.05, 4.69) is 20.0 Å². The number of nitrogens with one attached hydrogen (secondary N) is 1. The van der Waals surface area contributed by atoms with Gasteiger partial charge >= 0.3 is 5.97 Å². The first-order valence-corrected chi connectivity index (χ1v) is 6.49. The minimum absolute atomic E-state index is 0.192. The molecule has 0 bridgehead atoms. The molecule has 1 aromatic heterocycles. The van der Waals surface area contributed by atoms with Crippen LogP contribution in [-0.2, 0) is 4.74 Å². The van der Waals surface area contributed by atoms with Gasteiger partial charge in [0.05, 0.1) is 19.5 Å². The summed E-state index contributed by atoms with van der Waals surface area (Å²) in [7, 11) is 1.31. The lowest BCUT2D eigenvalue weighted by atomic mass is 9.97. The van der Waals surface area contributed by atoms with Gasteiger partial charge < -0.3 is 15.2 Å². The van der Waals surface area contributed by atoms with Gasteiger partial charge in [-0.3, -0.25) is 4.98 Å². The van der Waals surface area contributed by atoms with Gasteiger partial charge in [-0.2, -0.15) is 0 Å². The summed E-state index contributed by atoms with van der Waals surface area (Å²) in [5.41, 5.74) is 0.192. The Bertz CT molecular complexity index is 439. The summed E-state index contributed by atoms with van der Waals surface area (Å²) >= 11 is 0. The van der Waals surface area contributed by atoms with E-state index in [1.165, 1.54) is 13.3 Å². The van der Waals surface area contributed by atoms with E-state index in [-0.39, 0.29) is 12.3 Å². The van der Waals surface area contributed by atoms with E-state index in [1.54, 1.807) is 6.20 Å². The average molecular weight is 265 g/mol. The van der Waals surface area contributed by atoms with Crippen molar-refractivity contribution in [3.8, 4) is 0 Å². The number of carbonyl (C=O) groups excluding carboxylic acids is 1. The molecule has 0 aromatic carbocycles. The van der Waals surface area contributed by atoms with Gasteiger partial charge in [0.1, 0.15) is 5.82 Å². The van der Waals surface area contributed by atoms with Gasteiger partial charge in [-0.1, -0.05) is 6.42 Å². The molecule has 2 rings (SSSR count). The fraction of sp³-hybridized carbons (Fsp3) is 0.615. The fourth-order valence-electron chi connectivity index (χ4n) is 2.51. The molecule has 2 atom stereocenters. The van der Waals surface area contributed by atoms with Crippen molar-refractivity contribution >= 4 is 11.8 Å². The highest BCUT2D eigenvalue weighted by Crippen LogP contribution is 2.31. The number of anilines is 1. The molecule has 1 aliphatic carbocycles. The molecule has 6 heteroatoms. The Hall–Kier alpha value is -1.69. The number of aliphatic hydroxyl groups excluding tert-OH is 1. The lowest BCUT2D eigenvalue weighted by Gasteiger charge is -2.18. The quantitative estimate of drug-likeness (QED) is 0.775. The van der Waals surface area contributed by atoms with Crippen LogP contribution in [0.15, 0.2) is 12.4 Å². The molecule has 1 aromatic rings. The van der Waals surface area contributed by atoms with Crippen LogP contribution in [0.5, 0.6) is 0 Å². The molecule has 1 saturated carbocycles. The third-order valence-electron chi connectivity index (χ3n) is 3.63. The van der Waals surface area contributed by atoms with Gasteiger partial charge in [-0.25, -0.2) is 9.78 Å². The SMILES string of the molecule is COC(=O)c1cncc(NCC2CCCC2CO)n1. The second kappa shape index (κ2) is 6.47. The number of aromatic nitrogens is 2. The smallest absolute Gasteiger partial charge is 0.358 e. The van der Waals surface area contributed by atoms with E-state index in [0.29, 0.717) is 17.7 Å². The predicted molar refractivity (Wildman–Crippen MR) is 69.8 cm³/mol. The van der Waals surface area contributed by atoms with E-state index in [4.69, 9.17) is 0 Å². The zero-order chi connectivity index (χ0) is 13.7. The van der Waals surface area contributed by atoms with Crippen molar-refractivity contribution in [3.63, 3.8) is 0 Å². The van der Waals surface area contributed by atoms with E-state index in [9.17, 15) is 9.90 Å². The number of ether oxygens (including phenoxy) is 1. The number of hydrogen-bond acceptors (Lipinski definition) is 6. The van der Waals surface area contributed by atoms with E-state index >= 15 is 0 Å². The van der Waals surface area contributed by atoms with Gasteiger partial charge in [-0.15, -0.1) is 0 Å². The molecule has 104 valence electrons. The first kappa shape index (κ1) is 13.7. The maximum absolute atomic E-state index is 11.3. The van der Waals surface area contributed by atoms with Crippen molar-refractivity contribution in [1.29, 1.82) is 0 Å². The van der Waals surface area contributed by atoms with Crippen molar-refractivity contribution in [2.24, 2.45) is 11.8 Å². The Labute approximate surface area is 112 Å². The molecule has 0 spiro atoms. The second-order valence-corrected chi connectivity index (χ2v) is 4.80. The molecule has 0 radical (unpaired) electrons. The zero-order valence-corrected chi connectivity index (χ0v) is 11.0. The largest absolute Gasteiger partial charge is 0.464 e. The van der Waals surface area contributed by atoms with Crippen LogP contribution in [0.2, 0.25) is 0 Å². The molecule has 19 heavy (non-hydrogen) atoms. The number of methoxy groups -OCH3 is 1. The van der Waals surface area contributed by atoms with Crippen LogP contribution >= 0.6 is 0 Å². The highest BCUT2D eigenvalue weighted by atomic mass is 16.5. The third kappa shape index (κ3) is 3.41. The van der Waals surface area contributed by atoms with E-state index < -0.39 is 5.97 Å². The Morgan fingerprint density at radius 1 is 1.47 bits per heavy atom. The number of hydrogen-bond donors (Lipinski definition) is 2. The van der Waals surface area contributed by atoms with Crippen LogP contribution in [0.1, 0.15) is 29.8 Å². The summed E-state index contributed by atoms with van der Waals surface area (Å²) in [6.45, 7) is 0.977. The minimum Gasteiger partial charge on any atom is -0.464 e. The van der Waals surface area contributed by atoms with Crippen LogP contribution < -0.4 is 5.32 Å². The first-order chi connectivity index (χ1) is 9.24. The summed E-state index contributed by atoms with van der Waals surface area (Å²) < 4.78 is 4.60. The molecule has 1 heterocycles. The number of nitrogens with zero attached hydrogens (tertiary/aromatic N) is 2. The molecule has 1 fully saturated rings. The highest BCUT2D eigenvalue weighted by Gasteiger charge is 2.26. The van der Waals surface area contributed by atoms with Crippen LogP contribution in [0, 0.1) is 11.8 Å². The molecule has 2 N–H and O–H groups in total. The van der Waals surface area contributed by atoms with Crippen LogP contribution in [0.4, 0.5) is 5.82 Å². The zero-order valence-electron chi connectivity index (χ0n) is 11.0. The Morgan fingerprint density at radius 3 is 3.00 bits per heavy atom. The van der Waals surface area contributed by atoms with Crippen molar-refractivity contribution in [2.75, 3.05) is 25.6 Å². The molecular formula is C13H19N3O3. The van der Waals surface area contributed by atoms with Crippen LogP contribution in [0.25, 0.3) is 0 Å². The molecule has 0 aliphatic heterocycles. The Morgan fingerprint density at radius 2 is 2.26 bits per heavy atom. The maximum atomic E-state index is 11.3. The van der Waals surface area contributed by atoms with Crippen LogP contribution in [-0.4, -0.2) is 41.3 Å². The van der Waals surface area contributed by atoms with Gasteiger partial charge in [0.2, 0.25) is 0 Å². The van der Waals surface area contributed by atoms with Gasteiger partial charge in [0.15, 0.2) is 5.69 Å². The first-order valence-electron chi connectivity index (χ1n) is 6.49. The van der Waals surface area contributed by atoms with Gasteiger partial charge in [0, 0.05) is 13.2 Å². The highest BCUT2D eigenvalue weighted by molar-refractivity contribution is 5.87. The molecular weight excluding hydrogens is 246 g/mol. The standard InChI is InChI=1S/C13H19N3O3/c1-19-13(18)11-6-14-7-12(16-11)15-5-9-3-2-4-10(9)8-17/h6-7,9-10,17H,2-5,8H2,1H3,(H,15,16). The normalized spacial score (nSPS) is 22.2. The van der Waals surface area contributed by atoms with Gasteiger partial charge in [0.25, 0.3) is 0 Å². The predicted octanol–water partition coefficient (Wildman–Crippen LogP) is 1.08. The number of esters is 1. The van der Waals surface area contributed by atoms with Crippen molar-refractivity contribution in [1.82, 2.24) is 9.97 Å². The fourth-order valence-corrected chi connectivity index (χ4v) is 2.51. The Balaban J connectivity index is 1.94. The lowest BCUT2D eigenvalue weighted by molar-refractivity contribution is 0.0593. The number of aliphatic hydroxyl groups is 1. The van der Waals surface area contributed by atoms with E-state index in [0.717, 1.165) is 25.8 Å². The molecule has 1 aliphatic rings. The summed E-state index contributed by atoms with van der Waals surface area (Å²) in [6, 6.07) is 0. The lowest BCUT2D eigenvalue weighted by Crippen LogP contribution is -2.21. The summed E-state index contributed by atoms with van der Waals surface area (Å²) in [5.74, 6) is 0.884. The van der Waals surface area contributed by atoms with Crippen molar-refractivity contribution in [2.45, 2.75) is 19.3 Å². The molecule has 6 nitrogen and oxygen atoms in total. The average Bonchev–Trinajstić information content (AvgIpc) is 2.92. The summed E-state index contributed by atoms with van der Waals surface area (Å²) in [6.07, 6.45) is 6.31. The molecule has 2 unspecified atom stereocenters. The van der Waals surface area contributed by atoms with Gasteiger partial charge in [-0.05, 0) is 24.7 Å². The monoisotopic (exact) mass is 265 g/mol.